The molecule has 23 heavy (non-hydrogen) atoms. The van der Waals surface area contributed by atoms with Gasteiger partial charge in [-0.2, -0.15) is 0 Å². The largest absolute Gasteiger partial charge is 0.385 e. The van der Waals surface area contributed by atoms with Gasteiger partial charge in [-0.25, -0.2) is 9.97 Å². The molecule has 0 spiro atoms. The summed E-state index contributed by atoms with van der Waals surface area (Å²) in [6.07, 6.45) is 3.75. The van der Waals surface area contributed by atoms with Gasteiger partial charge in [0.15, 0.2) is 0 Å². The molecule has 1 heterocycles. The monoisotopic (exact) mass is 304 g/mol. The van der Waals surface area contributed by atoms with Gasteiger partial charge in [0.05, 0.1) is 5.69 Å². The molecule has 0 radical (unpaired) electrons. The van der Waals surface area contributed by atoms with Crippen LogP contribution in [0.25, 0.3) is 11.3 Å². The lowest BCUT2D eigenvalue weighted by atomic mass is 10.0. The minimum Gasteiger partial charge on any atom is -0.385 e. The molecule has 0 bridgehead atoms. The molecule has 0 saturated carbocycles. The predicted octanol–water partition coefficient (Wildman–Crippen LogP) is 3.77. The van der Waals surface area contributed by atoms with Crippen LogP contribution < -0.4 is 11.1 Å². The Balaban J connectivity index is 1.66. The van der Waals surface area contributed by atoms with E-state index in [4.69, 9.17) is 5.73 Å². The summed E-state index contributed by atoms with van der Waals surface area (Å²) in [5, 5.41) is 3.42. The third kappa shape index (κ3) is 4.07. The van der Waals surface area contributed by atoms with Crippen LogP contribution in [-0.4, -0.2) is 16.5 Å². The van der Waals surface area contributed by atoms with E-state index < -0.39 is 0 Å². The number of nitrogens with one attached hydrogen (secondary N) is 1. The second kappa shape index (κ2) is 7.40. The van der Waals surface area contributed by atoms with Crippen LogP contribution in [-0.2, 0) is 6.42 Å². The highest BCUT2D eigenvalue weighted by Crippen LogP contribution is 2.22. The van der Waals surface area contributed by atoms with E-state index >= 15 is 0 Å². The quantitative estimate of drug-likeness (QED) is 0.680. The van der Waals surface area contributed by atoms with Crippen molar-refractivity contribution in [2.24, 2.45) is 0 Å². The first kappa shape index (κ1) is 15.0. The van der Waals surface area contributed by atoms with Crippen LogP contribution in [0.3, 0.4) is 0 Å². The van der Waals surface area contributed by atoms with E-state index in [1.807, 2.05) is 54.7 Å². The number of aromatic nitrogens is 2. The van der Waals surface area contributed by atoms with Gasteiger partial charge in [0.2, 0.25) is 5.95 Å². The molecule has 1 aromatic heterocycles. The number of anilines is 2. The third-order valence-corrected chi connectivity index (χ3v) is 3.66. The molecule has 3 rings (SSSR count). The average molecular weight is 304 g/mol. The lowest BCUT2D eigenvalue weighted by Crippen LogP contribution is -2.05. The van der Waals surface area contributed by atoms with E-state index in [9.17, 15) is 0 Å². The van der Waals surface area contributed by atoms with Gasteiger partial charge in [0.25, 0.3) is 0 Å². The fourth-order valence-corrected chi connectivity index (χ4v) is 2.52. The Morgan fingerprint density at radius 1 is 0.913 bits per heavy atom. The number of para-hydroxylation sites is 1. The summed E-state index contributed by atoms with van der Waals surface area (Å²) in [7, 11) is 0. The van der Waals surface area contributed by atoms with Crippen molar-refractivity contribution in [2.45, 2.75) is 12.8 Å². The smallest absolute Gasteiger partial charge is 0.220 e. The molecule has 0 aliphatic heterocycles. The van der Waals surface area contributed by atoms with E-state index in [0.717, 1.165) is 41.9 Å². The van der Waals surface area contributed by atoms with Crippen molar-refractivity contribution >= 4 is 11.6 Å². The Morgan fingerprint density at radius 3 is 2.35 bits per heavy atom. The number of rotatable bonds is 6. The van der Waals surface area contributed by atoms with Gasteiger partial charge < -0.3 is 11.1 Å². The second-order valence-electron chi connectivity index (χ2n) is 5.36. The molecule has 0 amide bonds. The van der Waals surface area contributed by atoms with Crippen molar-refractivity contribution in [1.29, 1.82) is 0 Å². The minimum atomic E-state index is 0.315. The van der Waals surface area contributed by atoms with E-state index in [-0.39, 0.29) is 0 Å². The molecule has 3 aromatic rings. The molecule has 0 saturated heterocycles. The van der Waals surface area contributed by atoms with Gasteiger partial charge in [-0.1, -0.05) is 48.5 Å². The number of hydrogen-bond acceptors (Lipinski definition) is 4. The van der Waals surface area contributed by atoms with Crippen molar-refractivity contribution in [1.82, 2.24) is 9.97 Å². The van der Waals surface area contributed by atoms with Gasteiger partial charge in [-0.3, -0.25) is 0 Å². The lowest BCUT2D eigenvalue weighted by Gasteiger charge is -2.10. The highest BCUT2D eigenvalue weighted by Gasteiger charge is 2.08. The summed E-state index contributed by atoms with van der Waals surface area (Å²) in [4.78, 5) is 8.57. The summed E-state index contributed by atoms with van der Waals surface area (Å²) >= 11 is 0. The highest BCUT2D eigenvalue weighted by atomic mass is 15.0. The van der Waals surface area contributed by atoms with Crippen LogP contribution in [0, 0.1) is 0 Å². The Kier molecular flexibility index (Phi) is 4.84. The van der Waals surface area contributed by atoms with E-state index in [1.54, 1.807) is 0 Å². The number of nitrogen functional groups attached to an aromatic ring is 1. The van der Waals surface area contributed by atoms with Gasteiger partial charge in [0.1, 0.15) is 0 Å². The number of nitrogens with two attached hydrogens (primary N) is 1. The number of nitrogens with zero attached hydrogens (tertiary/aromatic N) is 2. The fraction of sp³-hybridized carbons (Fsp3) is 0.158. The molecule has 0 aliphatic carbocycles. The van der Waals surface area contributed by atoms with E-state index in [2.05, 4.69) is 27.4 Å². The van der Waals surface area contributed by atoms with E-state index in [1.165, 1.54) is 0 Å². The third-order valence-electron chi connectivity index (χ3n) is 3.66. The van der Waals surface area contributed by atoms with Crippen molar-refractivity contribution in [3.8, 4) is 11.3 Å². The zero-order valence-electron chi connectivity index (χ0n) is 12.9. The molecule has 0 fully saturated rings. The fourth-order valence-electron chi connectivity index (χ4n) is 2.52. The minimum absolute atomic E-state index is 0.315. The summed E-state index contributed by atoms with van der Waals surface area (Å²) in [6, 6.07) is 20.3. The molecule has 4 nitrogen and oxygen atoms in total. The highest BCUT2D eigenvalue weighted by molar-refractivity contribution is 5.63. The van der Waals surface area contributed by atoms with Crippen LogP contribution in [0.5, 0.6) is 0 Å². The topological polar surface area (TPSA) is 63.8 Å². The van der Waals surface area contributed by atoms with Crippen molar-refractivity contribution in [2.75, 3.05) is 17.6 Å². The predicted molar refractivity (Wildman–Crippen MR) is 95.1 cm³/mol. The molecule has 2 aromatic carbocycles. The van der Waals surface area contributed by atoms with E-state index in [0.29, 0.717) is 5.95 Å². The average Bonchev–Trinajstić information content (AvgIpc) is 2.61. The van der Waals surface area contributed by atoms with Crippen molar-refractivity contribution in [3.63, 3.8) is 0 Å². The number of aryl methyl sites for hydroxylation is 1. The first-order valence-electron chi connectivity index (χ1n) is 7.78. The summed E-state index contributed by atoms with van der Waals surface area (Å²) in [5.41, 5.74) is 10.0. The summed E-state index contributed by atoms with van der Waals surface area (Å²) < 4.78 is 0. The molecule has 3 N–H and O–H groups in total. The standard InChI is InChI=1S/C19H20N4/c20-19-22-14-16(18(23-19)15-8-3-1-4-9-15)10-7-13-21-17-11-5-2-6-12-17/h1-6,8-9,11-12,14,21H,7,10,13H2,(H2,20,22,23). The van der Waals surface area contributed by atoms with Gasteiger partial charge in [-0.15, -0.1) is 0 Å². The first-order chi connectivity index (χ1) is 11.3. The molecular weight excluding hydrogens is 284 g/mol. The molecule has 0 aliphatic rings. The van der Waals surface area contributed by atoms with Gasteiger partial charge in [0, 0.05) is 24.0 Å². The van der Waals surface area contributed by atoms with Crippen LogP contribution in [0.1, 0.15) is 12.0 Å². The maximum atomic E-state index is 5.76. The van der Waals surface area contributed by atoms with Crippen LogP contribution >= 0.6 is 0 Å². The van der Waals surface area contributed by atoms with Crippen LogP contribution in [0.15, 0.2) is 66.9 Å². The summed E-state index contributed by atoms with van der Waals surface area (Å²) in [6.45, 7) is 0.905. The Bertz CT molecular complexity index is 742. The molecule has 4 heteroatoms. The SMILES string of the molecule is Nc1ncc(CCCNc2ccccc2)c(-c2ccccc2)n1. The normalized spacial score (nSPS) is 10.4. The summed E-state index contributed by atoms with van der Waals surface area (Å²) in [5.74, 6) is 0.315. The first-order valence-corrected chi connectivity index (χ1v) is 7.78. The maximum absolute atomic E-state index is 5.76. The Labute approximate surface area is 136 Å². The molecule has 116 valence electrons. The zero-order valence-corrected chi connectivity index (χ0v) is 12.9. The number of hydrogen-bond donors (Lipinski definition) is 2. The van der Waals surface area contributed by atoms with Crippen LogP contribution in [0.2, 0.25) is 0 Å². The van der Waals surface area contributed by atoms with Gasteiger partial charge >= 0.3 is 0 Å². The van der Waals surface area contributed by atoms with Crippen molar-refractivity contribution in [3.05, 3.63) is 72.4 Å². The lowest BCUT2D eigenvalue weighted by molar-refractivity contribution is 0.854. The Hall–Kier alpha value is -2.88. The van der Waals surface area contributed by atoms with Crippen molar-refractivity contribution < 1.29 is 0 Å². The van der Waals surface area contributed by atoms with Gasteiger partial charge in [-0.05, 0) is 30.5 Å². The molecular formula is C19H20N4. The maximum Gasteiger partial charge on any atom is 0.220 e. The van der Waals surface area contributed by atoms with Crippen LogP contribution in [0.4, 0.5) is 11.6 Å². The number of benzene rings is 2. The molecule has 0 unspecified atom stereocenters. The Morgan fingerprint density at radius 2 is 1.61 bits per heavy atom. The second-order valence-corrected chi connectivity index (χ2v) is 5.36. The zero-order chi connectivity index (χ0) is 15.9. The molecule has 0 atom stereocenters.